The summed E-state index contributed by atoms with van der Waals surface area (Å²) in [7, 11) is -6.00. The van der Waals surface area contributed by atoms with E-state index in [0.717, 1.165) is 10.6 Å². The number of amides is 2. The van der Waals surface area contributed by atoms with Gasteiger partial charge in [0.25, 0.3) is 0 Å². The third-order valence-corrected chi connectivity index (χ3v) is 14.5. The summed E-state index contributed by atoms with van der Waals surface area (Å²) in [5.74, 6) is -0.495. The Morgan fingerprint density at radius 3 is 2.19 bits per heavy atom. The molecule has 2 N–H and O–H groups in total. The van der Waals surface area contributed by atoms with Crippen molar-refractivity contribution in [2.24, 2.45) is 11.8 Å². The molecule has 15 heteroatoms. The Morgan fingerprint density at radius 1 is 1.02 bits per heavy atom. The van der Waals surface area contributed by atoms with Crippen LogP contribution in [0.15, 0.2) is 18.2 Å². The van der Waals surface area contributed by atoms with Gasteiger partial charge in [0.15, 0.2) is 14.4 Å². The van der Waals surface area contributed by atoms with E-state index in [1.165, 1.54) is 6.92 Å². The summed E-state index contributed by atoms with van der Waals surface area (Å²) in [6.45, 7) is 22.7. The number of ether oxygens (including phenoxy) is 4. The molecule has 5 unspecified atom stereocenters. The number of carbonyl (C=O) groups is 3. The molecule has 1 aliphatic heterocycles. The average Bonchev–Trinajstić information content (AvgIpc) is 2.91. The third kappa shape index (κ3) is 12.6. The number of hydrogen-bond donors (Lipinski definition) is 2. The molecule has 274 valence electrons. The molecule has 1 aromatic rings. The van der Waals surface area contributed by atoms with Crippen molar-refractivity contribution in [3.63, 3.8) is 0 Å². The van der Waals surface area contributed by atoms with Gasteiger partial charge in [0.2, 0.25) is 22.2 Å². The monoisotopic (exact) mass is 715 g/mol. The first-order valence-electron chi connectivity index (χ1n) is 16.3. The van der Waals surface area contributed by atoms with Crippen LogP contribution in [0.4, 0.5) is 10.5 Å². The summed E-state index contributed by atoms with van der Waals surface area (Å²) in [4.78, 5) is 37.1. The summed E-state index contributed by atoms with van der Waals surface area (Å²) >= 11 is 0. The number of benzene rings is 1. The topological polar surface area (TPSA) is 159 Å². The molecule has 0 bridgehead atoms. The zero-order valence-corrected chi connectivity index (χ0v) is 32.7. The summed E-state index contributed by atoms with van der Waals surface area (Å²) in [6.07, 6.45) is -1.37. The maximum absolute atomic E-state index is 13.1. The molecular formula is C33H57N3O10SSi. The van der Waals surface area contributed by atoms with Crippen LogP contribution >= 0.6 is 0 Å². The Balaban J connectivity index is 2.31. The molecule has 1 aliphatic rings. The first-order valence-corrected chi connectivity index (χ1v) is 21.0. The van der Waals surface area contributed by atoms with Gasteiger partial charge in [-0.05, 0) is 69.9 Å². The van der Waals surface area contributed by atoms with E-state index in [0.29, 0.717) is 17.0 Å². The number of hydrogen-bond acceptors (Lipinski definition) is 10. The van der Waals surface area contributed by atoms with Crippen LogP contribution in [0, 0.1) is 11.8 Å². The Morgan fingerprint density at radius 2 is 1.65 bits per heavy atom. The molecule has 1 heterocycles. The molecule has 0 radical (unpaired) electrons. The fraction of sp³-hybridized carbons (Fsp3) is 0.727. The Labute approximate surface area is 287 Å². The van der Waals surface area contributed by atoms with Crippen LogP contribution in [0.25, 0.3) is 0 Å². The molecule has 1 saturated heterocycles. The van der Waals surface area contributed by atoms with Crippen molar-refractivity contribution in [1.82, 2.24) is 9.62 Å². The van der Waals surface area contributed by atoms with Gasteiger partial charge in [0.1, 0.15) is 11.4 Å². The Hall–Kier alpha value is -2.72. The molecule has 0 saturated carbocycles. The standard InChI is InChI=1S/C33H57N3O10SSi/c1-21-22(2)29(44-24(4)37)30(43-23(21)3)45-27-15-14-26(18-25(27)20-42-48(12,13)33(8,9)10)35-28(38)19-36(47(11,40)41)17-16-34-31(39)46-32(5,6)7/h14-15,18,21-23,29-30H,16-17,19-20H2,1-13H3,(H,34,39)(H,35,38). The Bertz CT molecular complexity index is 1390. The van der Waals surface area contributed by atoms with Crippen LogP contribution in [0.1, 0.15) is 74.8 Å². The second kappa shape index (κ2) is 16.3. The summed E-state index contributed by atoms with van der Waals surface area (Å²) in [6, 6.07) is 5.03. The van der Waals surface area contributed by atoms with Crippen molar-refractivity contribution in [1.29, 1.82) is 0 Å². The van der Waals surface area contributed by atoms with Crippen LogP contribution in [0.5, 0.6) is 5.75 Å². The maximum Gasteiger partial charge on any atom is 0.407 e. The largest absolute Gasteiger partial charge is 0.460 e. The van der Waals surface area contributed by atoms with Crippen molar-refractivity contribution in [3.05, 3.63) is 23.8 Å². The zero-order chi connectivity index (χ0) is 36.8. The highest BCUT2D eigenvalue weighted by molar-refractivity contribution is 7.88. The van der Waals surface area contributed by atoms with Gasteiger partial charge < -0.3 is 34.0 Å². The third-order valence-electron chi connectivity index (χ3n) is 8.81. The van der Waals surface area contributed by atoms with E-state index in [2.05, 4.69) is 44.5 Å². The van der Waals surface area contributed by atoms with Crippen molar-refractivity contribution < 1.29 is 46.2 Å². The van der Waals surface area contributed by atoms with Gasteiger partial charge in [0.05, 0.1) is 25.5 Å². The quantitative estimate of drug-likeness (QED) is 0.204. The molecule has 13 nitrogen and oxygen atoms in total. The lowest BCUT2D eigenvalue weighted by molar-refractivity contribution is -0.243. The number of esters is 1. The highest BCUT2D eigenvalue weighted by Gasteiger charge is 2.44. The van der Waals surface area contributed by atoms with Crippen LogP contribution in [-0.4, -0.2) is 89.0 Å². The SMILES string of the molecule is CC(=O)OC1C(Oc2ccc(NC(=O)CN(CCNC(=O)OC(C)(C)C)S(C)(=O)=O)cc2CO[Si](C)(C)C(C)(C)C)OC(C)C(C)C1C. The fourth-order valence-electron chi connectivity index (χ4n) is 4.64. The number of nitrogens with zero attached hydrogens (tertiary/aromatic N) is 1. The van der Waals surface area contributed by atoms with E-state index in [1.54, 1.807) is 39.0 Å². The zero-order valence-electron chi connectivity index (χ0n) is 30.9. The second-order valence-corrected chi connectivity index (χ2v) is 21.9. The van der Waals surface area contributed by atoms with Crippen LogP contribution in [0.3, 0.4) is 0 Å². The first-order chi connectivity index (χ1) is 21.8. The molecular weight excluding hydrogens is 659 g/mol. The summed E-state index contributed by atoms with van der Waals surface area (Å²) in [5, 5.41) is 5.21. The van der Waals surface area contributed by atoms with E-state index in [1.807, 2.05) is 20.8 Å². The van der Waals surface area contributed by atoms with Gasteiger partial charge in [-0.25, -0.2) is 13.2 Å². The number of nitrogens with one attached hydrogen (secondary N) is 2. The lowest BCUT2D eigenvalue weighted by Crippen LogP contribution is -2.52. The molecule has 48 heavy (non-hydrogen) atoms. The molecule has 5 atom stereocenters. The number of rotatable bonds is 13. The minimum absolute atomic E-state index is 0.0368. The lowest BCUT2D eigenvalue weighted by Gasteiger charge is -2.42. The molecule has 2 amide bonds. The van der Waals surface area contributed by atoms with E-state index in [-0.39, 0.29) is 42.7 Å². The molecule has 2 rings (SSSR count). The van der Waals surface area contributed by atoms with Crippen molar-refractivity contribution in [2.45, 2.75) is 118 Å². The Kier molecular flexibility index (Phi) is 14.1. The first kappa shape index (κ1) is 41.4. The van der Waals surface area contributed by atoms with Crippen LogP contribution in [-0.2, 0) is 44.9 Å². The lowest BCUT2D eigenvalue weighted by atomic mass is 9.84. The predicted octanol–water partition coefficient (Wildman–Crippen LogP) is 5.26. The van der Waals surface area contributed by atoms with Crippen molar-refractivity contribution >= 4 is 42.0 Å². The normalized spacial score (nSPS) is 22.2. The number of alkyl carbamates (subject to hydrolysis) is 1. The molecule has 1 fully saturated rings. The molecule has 0 spiro atoms. The van der Waals surface area contributed by atoms with Crippen LogP contribution in [0.2, 0.25) is 18.1 Å². The van der Waals surface area contributed by atoms with Gasteiger partial charge in [-0.15, -0.1) is 0 Å². The van der Waals surface area contributed by atoms with E-state index in [4.69, 9.17) is 23.4 Å². The highest BCUT2D eigenvalue weighted by atomic mass is 32.2. The van der Waals surface area contributed by atoms with Crippen molar-refractivity contribution in [2.75, 3.05) is 31.2 Å². The minimum atomic E-state index is -3.79. The number of anilines is 1. The molecule has 0 aromatic heterocycles. The minimum Gasteiger partial charge on any atom is -0.460 e. The van der Waals surface area contributed by atoms with Gasteiger partial charge in [0, 0.05) is 37.2 Å². The summed E-state index contributed by atoms with van der Waals surface area (Å²) in [5.41, 5.74) is 0.319. The number of sulfonamides is 1. The molecule has 1 aromatic carbocycles. The van der Waals surface area contributed by atoms with Crippen LogP contribution < -0.4 is 15.4 Å². The van der Waals surface area contributed by atoms with E-state index < -0.39 is 60.9 Å². The maximum atomic E-state index is 13.1. The van der Waals surface area contributed by atoms with E-state index in [9.17, 15) is 22.8 Å². The van der Waals surface area contributed by atoms with Gasteiger partial charge in [-0.2, -0.15) is 4.31 Å². The van der Waals surface area contributed by atoms with Gasteiger partial charge >= 0.3 is 12.1 Å². The smallest absolute Gasteiger partial charge is 0.407 e. The fourth-order valence-corrected chi connectivity index (χ4v) is 6.37. The average molecular weight is 716 g/mol. The van der Waals surface area contributed by atoms with Gasteiger partial charge in [-0.3, -0.25) is 9.59 Å². The van der Waals surface area contributed by atoms with Gasteiger partial charge in [-0.1, -0.05) is 34.6 Å². The number of carbonyl (C=O) groups excluding carboxylic acids is 3. The highest BCUT2D eigenvalue weighted by Crippen LogP contribution is 2.39. The molecule has 0 aliphatic carbocycles. The second-order valence-electron chi connectivity index (χ2n) is 15.1. The summed E-state index contributed by atoms with van der Waals surface area (Å²) < 4.78 is 55.8. The predicted molar refractivity (Wildman–Crippen MR) is 187 cm³/mol. The van der Waals surface area contributed by atoms with Crippen molar-refractivity contribution in [3.8, 4) is 5.75 Å². The van der Waals surface area contributed by atoms with E-state index >= 15 is 0 Å².